The Morgan fingerprint density at radius 3 is 2.56 bits per heavy atom. The Balaban J connectivity index is 0.00000162. The first-order valence-electron chi connectivity index (χ1n) is 4.83. The quantitative estimate of drug-likeness (QED) is 0.917. The van der Waals surface area contributed by atoms with E-state index in [0.717, 1.165) is 12.1 Å². The molecule has 0 bridgehead atoms. The van der Waals surface area contributed by atoms with Crippen LogP contribution in [0.15, 0.2) is 29.6 Å². The Morgan fingerprint density at radius 1 is 1.28 bits per heavy atom. The minimum absolute atomic E-state index is 0. The second kappa shape index (κ2) is 5.69. The number of alkyl halides is 3. The van der Waals surface area contributed by atoms with Crippen molar-refractivity contribution in [1.82, 2.24) is 4.98 Å². The number of nitrogens with two attached hydrogens (primary N) is 1. The Bertz CT molecular complexity index is 525. The fraction of sp³-hybridized carbons (Fsp3) is 0.182. The van der Waals surface area contributed by atoms with Gasteiger partial charge in [-0.3, -0.25) is 0 Å². The highest BCUT2D eigenvalue weighted by Crippen LogP contribution is 2.32. The highest BCUT2D eigenvalue weighted by atomic mass is 35.5. The van der Waals surface area contributed by atoms with Gasteiger partial charge in [-0.1, -0.05) is 12.1 Å². The molecule has 7 heteroatoms. The number of hydrogen-bond donors (Lipinski definition) is 1. The van der Waals surface area contributed by atoms with Crippen LogP contribution in [0.5, 0.6) is 0 Å². The van der Waals surface area contributed by atoms with E-state index in [1.165, 1.54) is 17.4 Å². The zero-order chi connectivity index (χ0) is 12.5. The Hall–Kier alpha value is -1.11. The molecule has 2 rings (SSSR count). The van der Waals surface area contributed by atoms with Crippen molar-refractivity contribution in [3.63, 3.8) is 0 Å². The first-order valence-corrected chi connectivity index (χ1v) is 5.71. The van der Waals surface area contributed by atoms with Gasteiger partial charge in [0.05, 0.1) is 11.3 Å². The van der Waals surface area contributed by atoms with Crippen molar-refractivity contribution in [3.05, 3.63) is 40.2 Å². The van der Waals surface area contributed by atoms with Crippen LogP contribution in [0.1, 0.15) is 10.6 Å². The van der Waals surface area contributed by atoms with E-state index in [-0.39, 0.29) is 12.4 Å². The predicted octanol–water partition coefficient (Wildman–Crippen LogP) is 3.71. The Labute approximate surface area is 112 Å². The van der Waals surface area contributed by atoms with E-state index in [1.807, 2.05) is 0 Å². The molecule has 1 aromatic heterocycles. The molecule has 2 N–H and O–H groups in total. The highest BCUT2D eigenvalue weighted by molar-refractivity contribution is 7.09. The fourth-order valence-electron chi connectivity index (χ4n) is 1.39. The normalized spacial score (nSPS) is 11.1. The van der Waals surface area contributed by atoms with Crippen molar-refractivity contribution >= 4 is 23.7 Å². The molecule has 1 heterocycles. The minimum atomic E-state index is -4.33. The fourth-order valence-corrected chi connectivity index (χ4v) is 2.08. The van der Waals surface area contributed by atoms with E-state index in [9.17, 15) is 13.2 Å². The minimum Gasteiger partial charge on any atom is -0.325 e. The van der Waals surface area contributed by atoms with Gasteiger partial charge in [0, 0.05) is 17.5 Å². The molecule has 0 saturated heterocycles. The molecule has 0 radical (unpaired) electrons. The standard InChI is InChI=1S/C11H9F3N2S.ClH/c12-11(13,14)8-3-1-2-7(4-8)9-6-17-10(5-15)16-9;/h1-4,6H,5,15H2;1H. The van der Waals surface area contributed by atoms with Crippen LogP contribution in [0.25, 0.3) is 11.3 Å². The monoisotopic (exact) mass is 294 g/mol. The predicted molar refractivity (Wildman–Crippen MR) is 67.7 cm³/mol. The first-order chi connectivity index (χ1) is 8.00. The van der Waals surface area contributed by atoms with Crippen LogP contribution in [0, 0.1) is 0 Å². The van der Waals surface area contributed by atoms with Crippen molar-refractivity contribution in [2.24, 2.45) is 5.73 Å². The van der Waals surface area contributed by atoms with Crippen LogP contribution in [0.4, 0.5) is 13.2 Å². The molecule has 0 saturated carbocycles. The lowest BCUT2D eigenvalue weighted by atomic mass is 10.1. The third-order valence-corrected chi connectivity index (χ3v) is 3.08. The third-order valence-electron chi connectivity index (χ3n) is 2.21. The van der Waals surface area contributed by atoms with Gasteiger partial charge < -0.3 is 5.73 Å². The zero-order valence-electron chi connectivity index (χ0n) is 9.07. The molecule has 18 heavy (non-hydrogen) atoms. The number of nitrogens with zero attached hydrogens (tertiary/aromatic N) is 1. The van der Waals surface area contributed by atoms with E-state index in [2.05, 4.69) is 4.98 Å². The van der Waals surface area contributed by atoms with Gasteiger partial charge in [0.15, 0.2) is 0 Å². The van der Waals surface area contributed by atoms with Crippen LogP contribution in [-0.2, 0) is 12.7 Å². The summed E-state index contributed by atoms with van der Waals surface area (Å²) < 4.78 is 37.6. The van der Waals surface area contributed by atoms with E-state index in [1.54, 1.807) is 11.4 Å². The van der Waals surface area contributed by atoms with Gasteiger partial charge in [0.1, 0.15) is 5.01 Å². The molecule has 0 aliphatic carbocycles. The van der Waals surface area contributed by atoms with Gasteiger partial charge >= 0.3 is 6.18 Å². The number of benzene rings is 1. The van der Waals surface area contributed by atoms with Crippen LogP contribution in [0.2, 0.25) is 0 Å². The van der Waals surface area contributed by atoms with Gasteiger partial charge in [0.25, 0.3) is 0 Å². The van der Waals surface area contributed by atoms with Gasteiger partial charge in [-0.15, -0.1) is 23.7 Å². The molecule has 0 fully saturated rings. The van der Waals surface area contributed by atoms with Crippen LogP contribution in [-0.4, -0.2) is 4.98 Å². The van der Waals surface area contributed by atoms with Gasteiger partial charge in [0.2, 0.25) is 0 Å². The highest BCUT2D eigenvalue weighted by Gasteiger charge is 2.30. The number of aromatic nitrogens is 1. The molecule has 98 valence electrons. The molecule has 0 atom stereocenters. The Morgan fingerprint density at radius 2 is 2.00 bits per heavy atom. The van der Waals surface area contributed by atoms with Gasteiger partial charge in [-0.05, 0) is 12.1 Å². The Kier molecular flexibility index (Phi) is 4.72. The van der Waals surface area contributed by atoms with E-state index in [0.29, 0.717) is 22.8 Å². The van der Waals surface area contributed by atoms with Crippen molar-refractivity contribution in [1.29, 1.82) is 0 Å². The lowest BCUT2D eigenvalue weighted by molar-refractivity contribution is -0.137. The molecule has 1 aromatic carbocycles. The topological polar surface area (TPSA) is 38.9 Å². The maximum Gasteiger partial charge on any atom is 0.416 e. The van der Waals surface area contributed by atoms with Crippen molar-refractivity contribution < 1.29 is 13.2 Å². The summed E-state index contributed by atoms with van der Waals surface area (Å²) in [5.41, 5.74) is 5.72. The van der Waals surface area contributed by atoms with Crippen LogP contribution in [0.3, 0.4) is 0 Å². The van der Waals surface area contributed by atoms with Crippen LogP contribution >= 0.6 is 23.7 Å². The average molecular weight is 295 g/mol. The number of thiazole rings is 1. The zero-order valence-corrected chi connectivity index (χ0v) is 10.7. The summed E-state index contributed by atoms with van der Waals surface area (Å²) >= 11 is 1.34. The molecule has 0 unspecified atom stereocenters. The number of rotatable bonds is 2. The maximum absolute atomic E-state index is 12.5. The molecule has 2 aromatic rings. The lowest BCUT2D eigenvalue weighted by Gasteiger charge is -2.07. The van der Waals surface area contributed by atoms with Crippen molar-refractivity contribution in [2.45, 2.75) is 12.7 Å². The van der Waals surface area contributed by atoms with Crippen LogP contribution < -0.4 is 5.73 Å². The molecule has 0 spiro atoms. The molecule has 0 aliphatic rings. The first kappa shape index (κ1) is 14.9. The molecule has 0 aliphatic heterocycles. The molecule has 0 amide bonds. The summed E-state index contributed by atoms with van der Waals surface area (Å²) in [7, 11) is 0. The smallest absolute Gasteiger partial charge is 0.325 e. The summed E-state index contributed by atoms with van der Waals surface area (Å²) in [4.78, 5) is 4.15. The van der Waals surface area contributed by atoms with E-state index in [4.69, 9.17) is 5.73 Å². The number of halogens is 4. The second-order valence-corrected chi connectivity index (χ2v) is 4.35. The average Bonchev–Trinajstić information content (AvgIpc) is 2.76. The van der Waals surface area contributed by atoms with Crippen molar-refractivity contribution in [3.8, 4) is 11.3 Å². The number of hydrogen-bond acceptors (Lipinski definition) is 3. The summed E-state index contributed by atoms with van der Waals surface area (Å²) in [5, 5.41) is 2.41. The second-order valence-electron chi connectivity index (χ2n) is 3.41. The van der Waals surface area contributed by atoms with Gasteiger partial charge in [-0.2, -0.15) is 13.2 Å². The lowest BCUT2D eigenvalue weighted by Crippen LogP contribution is -2.04. The molecule has 2 nitrogen and oxygen atoms in total. The molecular formula is C11H10ClF3N2S. The van der Waals surface area contributed by atoms with E-state index < -0.39 is 11.7 Å². The summed E-state index contributed by atoms with van der Waals surface area (Å²) in [6, 6.07) is 5.11. The van der Waals surface area contributed by atoms with Crippen molar-refractivity contribution in [2.75, 3.05) is 0 Å². The van der Waals surface area contributed by atoms with Gasteiger partial charge in [-0.25, -0.2) is 4.98 Å². The largest absolute Gasteiger partial charge is 0.416 e. The summed E-state index contributed by atoms with van der Waals surface area (Å²) in [5.74, 6) is 0. The summed E-state index contributed by atoms with van der Waals surface area (Å²) in [6.45, 7) is 0.295. The summed E-state index contributed by atoms with van der Waals surface area (Å²) in [6.07, 6.45) is -4.33. The molecular weight excluding hydrogens is 285 g/mol. The third kappa shape index (κ3) is 3.22. The van der Waals surface area contributed by atoms with E-state index >= 15 is 0 Å². The SMILES string of the molecule is Cl.NCc1nc(-c2cccc(C(F)(F)F)c2)cs1. The maximum atomic E-state index is 12.5.